The zero-order valence-electron chi connectivity index (χ0n) is 8.71. The van der Waals surface area contributed by atoms with Crippen LogP contribution >= 0.6 is 11.3 Å². The van der Waals surface area contributed by atoms with Crippen LogP contribution < -0.4 is 5.73 Å². The quantitative estimate of drug-likeness (QED) is 0.747. The van der Waals surface area contributed by atoms with Crippen LogP contribution in [0.5, 0.6) is 0 Å². The molecule has 0 spiro atoms. The summed E-state index contributed by atoms with van der Waals surface area (Å²) < 4.78 is 4.18. The van der Waals surface area contributed by atoms with Crippen LogP contribution in [0.25, 0.3) is 4.96 Å². The second kappa shape index (κ2) is 3.77. The third-order valence-electron chi connectivity index (χ3n) is 2.61. The summed E-state index contributed by atoms with van der Waals surface area (Å²) in [6.07, 6.45) is 6.12. The molecule has 2 N–H and O–H groups in total. The first-order chi connectivity index (χ1) is 7.86. The molecule has 0 unspecified atom stereocenters. The van der Waals surface area contributed by atoms with E-state index in [1.54, 1.807) is 11.3 Å². The van der Waals surface area contributed by atoms with Gasteiger partial charge in [0.05, 0.1) is 12.2 Å². The molecule has 3 aromatic heterocycles. The second-order valence-electron chi connectivity index (χ2n) is 3.66. The number of fused-ring (bicyclic) bond motifs is 1. The van der Waals surface area contributed by atoms with Gasteiger partial charge in [0, 0.05) is 36.2 Å². The number of imidazole rings is 1. The van der Waals surface area contributed by atoms with Gasteiger partial charge in [-0.05, 0) is 12.1 Å². The Morgan fingerprint density at radius 2 is 2.31 bits per heavy atom. The molecule has 0 atom stereocenters. The Morgan fingerprint density at radius 3 is 3.12 bits per heavy atom. The van der Waals surface area contributed by atoms with Crippen molar-refractivity contribution >= 4 is 16.3 Å². The third-order valence-corrected chi connectivity index (χ3v) is 3.38. The normalized spacial score (nSPS) is 11.3. The summed E-state index contributed by atoms with van der Waals surface area (Å²) in [5.41, 5.74) is 7.86. The van der Waals surface area contributed by atoms with Gasteiger partial charge < -0.3 is 10.3 Å². The van der Waals surface area contributed by atoms with Gasteiger partial charge in [0.15, 0.2) is 4.96 Å². The second-order valence-corrected chi connectivity index (χ2v) is 4.53. The van der Waals surface area contributed by atoms with Gasteiger partial charge >= 0.3 is 0 Å². The standard InChI is InChI=1S/C11H12N4S/c12-6-10-2-1-3-14(10)7-9-8-15-4-5-16-11(15)13-9/h1-5,8H,6-7,12H2. The van der Waals surface area contributed by atoms with Crippen molar-refractivity contribution in [1.82, 2.24) is 14.0 Å². The highest BCUT2D eigenvalue weighted by Gasteiger charge is 2.04. The minimum atomic E-state index is 0.565. The van der Waals surface area contributed by atoms with Gasteiger partial charge in [0.25, 0.3) is 0 Å². The van der Waals surface area contributed by atoms with E-state index in [0.29, 0.717) is 6.54 Å². The van der Waals surface area contributed by atoms with Crippen molar-refractivity contribution in [2.24, 2.45) is 5.73 Å². The Morgan fingerprint density at radius 1 is 1.38 bits per heavy atom. The Labute approximate surface area is 97.0 Å². The number of nitrogens with two attached hydrogens (primary N) is 1. The number of rotatable bonds is 3. The van der Waals surface area contributed by atoms with Crippen LogP contribution in [0.2, 0.25) is 0 Å². The van der Waals surface area contributed by atoms with E-state index in [1.165, 1.54) is 0 Å². The van der Waals surface area contributed by atoms with Crippen molar-refractivity contribution in [3.05, 3.63) is 47.5 Å². The molecule has 0 aliphatic heterocycles. The lowest BCUT2D eigenvalue weighted by Crippen LogP contribution is -2.07. The highest BCUT2D eigenvalue weighted by molar-refractivity contribution is 7.15. The van der Waals surface area contributed by atoms with Crippen LogP contribution in [0.3, 0.4) is 0 Å². The summed E-state index contributed by atoms with van der Waals surface area (Å²) in [5, 5.41) is 2.03. The fraction of sp³-hybridized carbons (Fsp3) is 0.182. The maximum absolute atomic E-state index is 5.66. The molecule has 82 valence electrons. The molecule has 0 aliphatic carbocycles. The Balaban J connectivity index is 1.92. The number of thiazole rings is 1. The molecule has 0 radical (unpaired) electrons. The van der Waals surface area contributed by atoms with E-state index in [4.69, 9.17) is 5.73 Å². The minimum absolute atomic E-state index is 0.565. The predicted octanol–water partition coefficient (Wildman–Crippen LogP) is 1.70. The van der Waals surface area contributed by atoms with Gasteiger partial charge in [-0.15, -0.1) is 11.3 Å². The molecule has 0 bridgehead atoms. The number of nitrogens with zero attached hydrogens (tertiary/aromatic N) is 3. The molecule has 4 nitrogen and oxygen atoms in total. The lowest BCUT2D eigenvalue weighted by molar-refractivity contribution is 0.731. The maximum atomic E-state index is 5.66. The molecular weight excluding hydrogens is 220 g/mol. The van der Waals surface area contributed by atoms with Crippen LogP contribution in [0.15, 0.2) is 36.1 Å². The smallest absolute Gasteiger partial charge is 0.193 e. The summed E-state index contributed by atoms with van der Waals surface area (Å²) in [7, 11) is 0. The minimum Gasteiger partial charge on any atom is -0.344 e. The largest absolute Gasteiger partial charge is 0.344 e. The van der Waals surface area contributed by atoms with Crippen LogP contribution in [0.4, 0.5) is 0 Å². The lowest BCUT2D eigenvalue weighted by atomic mass is 10.4. The number of aromatic nitrogens is 3. The fourth-order valence-corrected chi connectivity index (χ4v) is 2.53. The summed E-state index contributed by atoms with van der Waals surface area (Å²) in [6, 6.07) is 4.05. The molecule has 0 saturated heterocycles. The highest BCUT2D eigenvalue weighted by Crippen LogP contribution is 2.13. The van der Waals surface area contributed by atoms with Crippen molar-refractivity contribution in [2.45, 2.75) is 13.1 Å². The summed E-state index contributed by atoms with van der Waals surface area (Å²) in [4.78, 5) is 5.58. The van der Waals surface area contributed by atoms with Gasteiger partial charge in [-0.25, -0.2) is 4.98 Å². The number of hydrogen-bond acceptors (Lipinski definition) is 3. The van der Waals surface area contributed by atoms with Gasteiger partial charge in [-0.1, -0.05) is 0 Å². The lowest BCUT2D eigenvalue weighted by Gasteiger charge is -2.04. The zero-order valence-corrected chi connectivity index (χ0v) is 9.52. The molecule has 0 saturated carbocycles. The van der Waals surface area contributed by atoms with E-state index in [9.17, 15) is 0 Å². The van der Waals surface area contributed by atoms with Crippen LogP contribution in [0, 0.1) is 0 Å². The molecule has 16 heavy (non-hydrogen) atoms. The highest BCUT2D eigenvalue weighted by atomic mass is 32.1. The molecule has 3 rings (SSSR count). The van der Waals surface area contributed by atoms with Crippen molar-refractivity contribution in [2.75, 3.05) is 0 Å². The number of hydrogen-bond donors (Lipinski definition) is 1. The van der Waals surface area contributed by atoms with Gasteiger partial charge in [-0.3, -0.25) is 4.40 Å². The van der Waals surface area contributed by atoms with Crippen LogP contribution in [0.1, 0.15) is 11.4 Å². The molecule has 0 aliphatic rings. The third kappa shape index (κ3) is 1.54. The predicted molar refractivity (Wildman–Crippen MR) is 64.5 cm³/mol. The van der Waals surface area contributed by atoms with Gasteiger partial charge in [0.1, 0.15) is 0 Å². The summed E-state index contributed by atoms with van der Waals surface area (Å²) in [5.74, 6) is 0. The van der Waals surface area contributed by atoms with E-state index in [2.05, 4.69) is 15.7 Å². The van der Waals surface area contributed by atoms with E-state index < -0.39 is 0 Å². The van der Waals surface area contributed by atoms with E-state index >= 15 is 0 Å². The zero-order chi connectivity index (χ0) is 11.0. The van der Waals surface area contributed by atoms with Crippen molar-refractivity contribution in [3.8, 4) is 0 Å². The molecule has 3 aromatic rings. The fourth-order valence-electron chi connectivity index (χ4n) is 1.82. The SMILES string of the molecule is NCc1cccn1Cc1cn2ccsc2n1. The van der Waals surface area contributed by atoms with Crippen molar-refractivity contribution in [1.29, 1.82) is 0 Å². The van der Waals surface area contributed by atoms with Crippen molar-refractivity contribution < 1.29 is 0 Å². The van der Waals surface area contributed by atoms with E-state index in [0.717, 1.165) is 22.9 Å². The Kier molecular flexibility index (Phi) is 2.27. The molecule has 0 amide bonds. The van der Waals surface area contributed by atoms with Gasteiger partial charge in [0.2, 0.25) is 0 Å². The average molecular weight is 232 g/mol. The summed E-state index contributed by atoms with van der Waals surface area (Å²) >= 11 is 1.65. The Bertz CT molecular complexity index is 576. The van der Waals surface area contributed by atoms with E-state index in [-0.39, 0.29) is 0 Å². The van der Waals surface area contributed by atoms with Crippen molar-refractivity contribution in [3.63, 3.8) is 0 Å². The first-order valence-corrected chi connectivity index (χ1v) is 6.00. The van der Waals surface area contributed by atoms with Gasteiger partial charge in [-0.2, -0.15) is 0 Å². The summed E-state index contributed by atoms with van der Waals surface area (Å²) in [6.45, 7) is 1.35. The van der Waals surface area contributed by atoms with Crippen LogP contribution in [-0.2, 0) is 13.1 Å². The first kappa shape index (κ1) is 9.62. The van der Waals surface area contributed by atoms with E-state index in [1.807, 2.05) is 34.3 Å². The topological polar surface area (TPSA) is 48.2 Å². The maximum Gasteiger partial charge on any atom is 0.193 e. The Hall–Kier alpha value is -1.59. The molecule has 0 aromatic carbocycles. The molecule has 0 fully saturated rings. The molecule has 3 heterocycles. The van der Waals surface area contributed by atoms with Crippen LogP contribution in [-0.4, -0.2) is 14.0 Å². The first-order valence-electron chi connectivity index (χ1n) is 5.12. The average Bonchev–Trinajstić information content (AvgIpc) is 2.92. The molecular formula is C11H12N4S. The molecule has 5 heteroatoms. The monoisotopic (exact) mass is 232 g/mol.